The van der Waals surface area contributed by atoms with E-state index in [0.29, 0.717) is 0 Å². The van der Waals surface area contributed by atoms with Crippen LogP contribution in [0.25, 0.3) is 74.8 Å². The van der Waals surface area contributed by atoms with Crippen LogP contribution in [0.1, 0.15) is 0 Å². The monoisotopic (exact) mass is 617 g/mol. The summed E-state index contributed by atoms with van der Waals surface area (Å²) in [4.78, 5) is 2.38. The molecule has 0 saturated carbocycles. The largest absolute Gasteiger partial charge is 0.456 e. The Labute approximate surface area is 275 Å². The number of hydrogen-bond donors (Lipinski definition) is 0. The van der Waals surface area contributed by atoms with E-state index < -0.39 is 0 Å². The van der Waals surface area contributed by atoms with E-state index >= 15 is 0 Å². The van der Waals surface area contributed by atoms with E-state index in [-0.39, 0.29) is 0 Å². The van der Waals surface area contributed by atoms with Crippen molar-refractivity contribution < 1.29 is 4.42 Å². The maximum atomic E-state index is 6.21. The molecule has 3 heteroatoms. The zero-order chi connectivity index (χ0) is 30.9. The van der Waals surface area contributed by atoms with Crippen molar-refractivity contribution in [1.29, 1.82) is 0 Å². The molecule has 0 atom stereocenters. The molecule has 10 aromatic rings. The fourth-order valence-electron chi connectivity index (χ4n) is 7.16. The van der Waals surface area contributed by atoms with E-state index in [4.69, 9.17) is 4.42 Å². The van der Waals surface area contributed by atoms with Crippen molar-refractivity contribution in [2.75, 3.05) is 4.90 Å². The zero-order valence-electron chi connectivity index (χ0n) is 25.4. The number of para-hydroxylation sites is 1. The molecule has 0 N–H and O–H groups in total. The predicted molar refractivity (Wildman–Crippen MR) is 202 cm³/mol. The Morgan fingerprint density at radius 2 is 1.09 bits per heavy atom. The van der Waals surface area contributed by atoms with E-state index in [9.17, 15) is 0 Å². The first kappa shape index (κ1) is 26.3. The highest BCUT2D eigenvalue weighted by Crippen LogP contribution is 2.42. The van der Waals surface area contributed by atoms with Crippen LogP contribution >= 0.6 is 11.3 Å². The molecule has 10 rings (SSSR count). The van der Waals surface area contributed by atoms with Crippen LogP contribution < -0.4 is 4.90 Å². The summed E-state index contributed by atoms with van der Waals surface area (Å²) in [5.41, 5.74) is 7.65. The van der Waals surface area contributed by atoms with Crippen LogP contribution in [0.15, 0.2) is 168 Å². The molecule has 0 aliphatic heterocycles. The minimum Gasteiger partial charge on any atom is -0.456 e. The van der Waals surface area contributed by atoms with Gasteiger partial charge in [-0.15, -0.1) is 11.3 Å². The van der Waals surface area contributed by atoms with E-state index in [1.807, 2.05) is 23.5 Å². The second-order valence-electron chi connectivity index (χ2n) is 12.2. The quantitative estimate of drug-likeness (QED) is 0.195. The molecule has 0 fully saturated rings. The number of furan rings is 1. The lowest BCUT2D eigenvalue weighted by Crippen LogP contribution is -2.09. The van der Waals surface area contributed by atoms with Crippen LogP contribution in [0.3, 0.4) is 0 Å². The summed E-state index contributed by atoms with van der Waals surface area (Å²) in [6.07, 6.45) is 0. The van der Waals surface area contributed by atoms with Gasteiger partial charge in [0.25, 0.3) is 0 Å². The summed E-state index contributed by atoms with van der Waals surface area (Å²) in [6, 6.07) is 59.2. The van der Waals surface area contributed by atoms with Crippen molar-refractivity contribution in [2.24, 2.45) is 0 Å². The number of hydrogen-bond acceptors (Lipinski definition) is 3. The highest BCUT2D eigenvalue weighted by Gasteiger charge is 2.17. The lowest BCUT2D eigenvalue weighted by atomic mass is 9.98. The van der Waals surface area contributed by atoms with Crippen LogP contribution in [-0.4, -0.2) is 0 Å². The molecule has 2 heterocycles. The lowest BCUT2D eigenvalue weighted by molar-refractivity contribution is 0.669. The molecule has 47 heavy (non-hydrogen) atoms. The Bertz CT molecular complexity index is 2800. The summed E-state index contributed by atoms with van der Waals surface area (Å²) in [5, 5.41) is 9.76. The Balaban J connectivity index is 1.15. The minimum absolute atomic E-state index is 0.919. The van der Waals surface area contributed by atoms with Crippen LogP contribution in [0.5, 0.6) is 0 Å². The fraction of sp³-hybridized carbons (Fsp3) is 0. The Morgan fingerprint density at radius 1 is 0.383 bits per heavy atom. The smallest absolute Gasteiger partial charge is 0.136 e. The molecular weight excluding hydrogens is 591 g/mol. The standard InChI is InChI=1S/C44H27NOS/c1-2-10-35-28(8-1)9-7-13-36(35)29-16-19-32(20-17-29)45(34-22-23-39-38-12-4-6-15-43(38)47-44(39)27-34)33-21-18-30-26-42-40(25-31(30)24-33)37-11-3-5-14-41(37)46-42/h1-27H. The lowest BCUT2D eigenvalue weighted by Gasteiger charge is -2.26. The van der Waals surface area contributed by atoms with Crippen molar-refractivity contribution in [2.45, 2.75) is 0 Å². The predicted octanol–water partition coefficient (Wildman–Crippen LogP) is 13.4. The Kier molecular flexibility index (Phi) is 5.78. The first-order valence-electron chi connectivity index (χ1n) is 15.9. The van der Waals surface area contributed by atoms with Gasteiger partial charge in [0.1, 0.15) is 11.2 Å². The molecule has 2 nitrogen and oxygen atoms in total. The van der Waals surface area contributed by atoms with Gasteiger partial charge in [-0.1, -0.05) is 103 Å². The summed E-state index contributed by atoms with van der Waals surface area (Å²) in [5.74, 6) is 0. The minimum atomic E-state index is 0.919. The average Bonchev–Trinajstić information content (AvgIpc) is 3.68. The van der Waals surface area contributed by atoms with Gasteiger partial charge in [0, 0.05) is 48.0 Å². The van der Waals surface area contributed by atoms with Crippen molar-refractivity contribution in [3.8, 4) is 11.1 Å². The third-order valence-electron chi connectivity index (χ3n) is 9.42. The van der Waals surface area contributed by atoms with Crippen molar-refractivity contribution in [3.63, 3.8) is 0 Å². The molecule has 0 unspecified atom stereocenters. The highest BCUT2D eigenvalue weighted by atomic mass is 32.1. The normalized spacial score (nSPS) is 11.8. The molecule has 2 aromatic heterocycles. The highest BCUT2D eigenvalue weighted by molar-refractivity contribution is 7.25. The molecule has 8 aromatic carbocycles. The molecule has 220 valence electrons. The van der Waals surface area contributed by atoms with E-state index in [1.165, 1.54) is 47.5 Å². The average molecular weight is 618 g/mol. The third kappa shape index (κ3) is 4.25. The molecule has 0 radical (unpaired) electrons. The second kappa shape index (κ2) is 10.3. The van der Waals surface area contributed by atoms with Crippen molar-refractivity contribution in [1.82, 2.24) is 0 Å². The molecule has 0 bridgehead atoms. The van der Waals surface area contributed by atoms with Gasteiger partial charge in [0.15, 0.2) is 0 Å². The first-order valence-corrected chi connectivity index (χ1v) is 16.7. The zero-order valence-corrected chi connectivity index (χ0v) is 26.2. The van der Waals surface area contributed by atoms with Gasteiger partial charge in [-0.2, -0.15) is 0 Å². The summed E-state index contributed by atoms with van der Waals surface area (Å²) in [6.45, 7) is 0. The number of rotatable bonds is 4. The van der Waals surface area contributed by atoms with Gasteiger partial charge in [0.2, 0.25) is 0 Å². The SMILES string of the molecule is c1ccc2c(-c3ccc(N(c4ccc5cc6oc7ccccc7c6cc5c4)c4ccc5c(c4)sc4ccccc45)cc3)cccc2c1. The summed E-state index contributed by atoms with van der Waals surface area (Å²) in [7, 11) is 0. The molecule has 0 amide bonds. The number of thiophene rings is 1. The molecule has 0 aliphatic rings. The Hall–Kier alpha value is -5.90. The van der Waals surface area contributed by atoms with Crippen LogP contribution in [0.2, 0.25) is 0 Å². The van der Waals surface area contributed by atoms with Gasteiger partial charge in [-0.25, -0.2) is 0 Å². The van der Waals surface area contributed by atoms with Gasteiger partial charge in [-0.05, 0) is 93.3 Å². The third-order valence-corrected chi connectivity index (χ3v) is 10.6. The van der Waals surface area contributed by atoms with E-state index in [0.717, 1.165) is 44.4 Å². The second-order valence-corrected chi connectivity index (χ2v) is 13.2. The number of anilines is 3. The van der Waals surface area contributed by atoms with Crippen LogP contribution in [0, 0.1) is 0 Å². The maximum absolute atomic E-state index is 6.21. The summed E-state index contributed by atoms with van der Waals surface area (Å²) >= 11 is 1.85. The van der Waals surface area contributed by atoms with Crippen molar-refractivity contribution >= 4 is 92.1 Å². The van der Waals surface area contributed by atoms with Gasteiger partial charge in [-0.3, -0.25) is 0 Å². The fourth-order valence-corrected chi connectivity index (χ4v) is 8.30. The van der Waals surface area contributed by atoms with E-state index in [2.05, 4.69) is 157 Å². The summed E-state index contributed by atoms with van der Waals surface area (Å²) < 4.78 is 8.81. The van der Waals surface area contributed by atoms with Gasteiger partial charge >= 0.3 is 0 Å². The van der Waals surface area contributed by atoms with Crippen LogP contribution in [-0.2, 0) is 0 Å². The number of fused-ring (bicyclic) bond motifs is 8. The first-order chi connectivity index (χ1) is 23.3. The molecule has 0 spiro atoms. The Morgan fingerprint density at radius 3 is 2.00 bits per heavy atom. The number of nitrogens with zero attached hydrogens (tertiary/aromatic N) is 1. The maximum Gasteiger partial charge on any atom is 0.136 e. The van der Waals surface area contributed by atoms with E-state index in [1.54, 1.807) is 0 Å². The van der Waals surface area contributed by atoms with Gasteiger partial charge < -0.3 is 9.32 Å². The number of benzene rings is 8. The molecule has 0 aliphatic carbocycles. The van der Waals surface area contributed by atoms with Crippen molar-refractivity contribution in [3.05, 3.63) is 164 Å². The topological polar surface area (TPSA) is 16.4 Å². The van der Waals surface area contributed by atoms with Crippen LogP contribution in [0.4, 0.5) is 17.1 Å². The van der Waals surface area contributed by atoms with Gasteiger partial charge in [0.05, 0.1) is 0 Å². The molecular formula is C44H27NOS. The molecule has 0 saturated heterocycles.